The third-order valence-corrected chi connectivity index (χ3v) is 5.11. The van der Waals surface area contributed by atoms with Gasteiger partial charge in [-0.2, -0.15) is 0 Å². The first-order valence-electron chi connectivity index (χ1n) is 9.43. The summed E-state index contributed by atoms with van der Waals surface area (Å²) in [5, 5.41) is 11.7. The number of carbonyl (C=O) groups is 2. The highest BCUT2D eigenvalue weighted by Gasteiger charge is 2.23. The second kappa shape index (κ2) is 8.65. The summed E-state index contributed by atoms with van der Waals surface area (Å²) in [5.74, 6) is -1.09. The number of nitrogens with zero attached hydrogens (tertiary/aromatic N) is 1. The summed E-state index contributed by atoms with van der Waals surface area (Å²) in [6, 6.07) is 14.4. The van der Waals surface area contributed by atoms with E-state index < -0.39 is 21.9 Å². The van der Waals surface area contributed by atoms with Gasteiger partial charge in [-0.05, 0) is 37.3 Å². The van der Waals surface area contributed by atoms with E-state index in [0.717, 1.165) is 6.26 Å². The fourth-order valence-electron chi connectivity index (χ4n) is 3.24. The predicted octanol–water partition coefficient (Wildman–Crippen LogP) is 3.51. The molecule has 0 aliphatic carbocycles. The molecule has 0 fully saturated rings. The van der Waals surface area contributed by atoms with Crippen LogP contribution in [-0.2, 0) is 14.8 Å². The molecule has 0 spiro atoms. The lowest BCUT2D eigenvalue weighted by molar-refractivity contribution is -0.131. The molecule has 0 aliphatic rings. The van der Waals surface area contributed by atoms with E-state index in [1.54, 1.807) is 43.3 Å². The van der Waals surface area contributed by atoms with Crippen LogP contribution in [0.2, 0.25) is 0 Å². The van der Waals surface area contributed by atoms with Gasteiger partial charge in [0.25, 0.3) is 5.91 Å². The van der Waals surface area contributed by atoms with E-state index in [-0.39, 0.29) is 23.6 Å². The van der Waals surface area contributed by atoms with Gasteiger partial charge < -0.3 is 14.7 Å². The highest BCUT2D eigenvalue weighted by Crippen LogP contribution is 2.37. The number of sulfonamides is 1. The smallest absolute Gasteiger partial charge is 0.308 e. The molecule has 31 heavy (non-hydrogen) atoms. The average Bonchev–Trinajstić information content (AvgIpc) is 2.70. The van der Waals surface area contributed by atoms with E-state index >= 15 is 0 Å². The van der Waals surface area contributed by atoms with Crippen molar-refractivity contribution < 1.29 is 27.9 Å². The van der Waals surface area contributed by atoms with E-state index in [9.17, 15) is 23.1 Å². The Balaban J connectivity index is 2.04. The van der Waals surface area contributed by atoms with Crippen molar-refractivity contribution in [2.45, 2.75) is 13.8 Å². The molecule has 2 N–H and O–H groups in total. The topological polar surface area (TPSA) is 113 Å². The van der Waals surface area contributed by atoms with Crippen molar-refractivity contribution in [3.05, 3.63) is 60.2 Å². The maximum absolute atomic E-state index is 13.3. The molecule has 0 unspecified atom stereocenters. The molecular formula is C22H22N2O6S. The molecule has 3 aromatic rings. The first-order valence-corrected chi connectivity index (χ1v) is 11.3. The number of amides is 1. The summed E-state index contributed by atoms with van der Waals surface area (Å²) in [6.07, 6.45) is 1.05. The molecule has 0 aromatic heterocycles. The van der Waals surface area contributed by atoms with Crippen molar-refractivity contribution in [1.82, 2.24) is 0 Å². The molecule has 3 rings (SSSR count). The van der Waals surface area contributed by atoms with Gasteiger partial charge in [0.1, 0.15) is 11.5 Å². The highest BCUT2D eigenvalue weighted by molar-refractivity contribution is 7.92. The van der Waals surface area contributed by atoms with Gasteiger partial charge in [0, 0.05) is 35.6 Å². The Morgan fingerprint density at radius 1 is 1.06 bits per heavy atom. The van der Waals surface area contributed by atoms with Crippen molar-refractivity contribution in [2.24, 2.45) is 0 Å². The van der Waals surface area contributed by atoms with Gasteiger partial charge in [-0.15, -0.1) is 0 Å². The zero-order valence-electron chi connectivity index (χ0n) is 17.2. The Kier molecular flexibility index (Phi) is 6.16. The van der Waals surface area contributed by atoms with Gasteiger partial charge >= 0.3 is 5.97 Å². The van der Waals surface area contributed by atoms with Crippen LogP contribution in [0.3, 0.4) is 0 Å². The Labute approximate surface area is 180 Å². The lowest BCUT2D eigenvalue weighted by Crippen LogP contribution is -2.30. The Morgan fingerprint density at radius 2 is 1.68 bits per heavy atom. The summed E-state index contributed by atoms with van der Waals surface area (Å²) < 4.78 is 30.4. The quantitative estimate of drug-likeness (QED) is 0.446. The van der Waals surface area contributed by atoms with E-state index in [1.807, 2.05) is 0 Å². The molecule has 0 saturated carbocycles. The first kappa shape index (κ1) is 22.1. The molecule has 0 saturated heterocycles. The number of rotatable bonds is 6. The number of esters is 1. The van der Waals surface area contributed by atoms with Crippen LogP contribution < -0.4 is 14.4 Å². The van der Waals surface area contributed by atoms with Gasteiger partial charge in [0.05, 0.1) is 11.8 Å². The number of phenolic OH excluding ortho intramolecular Hbond substituents is 1. The van der Waals surface area contributed by atoms with Gasteiger partial charge in [0.15, 0.2) is 0 Å². The minimum atomic E-state index is -3.42. The van der Waals surface area contributed by atoms with Crippen LogP contribution in [0.4, 0.5) is 11.4 Å². The van der Waals surface area contributed by atoms with Crippen LogP contribution in [0.1, 0.15) is 24.2 Å². The lowest BCUT2D eigenvalue weighted by Gasteiger charge is -2.23. The van der Waals surface area contributed by atoms with Crippen LogP contribution in [0.15, 0.2) is 54.6 Å². The van der Waals surface area contributed by atoms with Gasteiger partial charge in [-0.25, -0.2) is 8.42 Å². The number of ether oxygens (including phenoxy) is 1. The molecule has 0 atom stereocenters. The maximum atomic E-state index is 13.3. The number of carbonyl (C=O) groups excluding carboxylic acids is 2. The number of benzene rings is 3. The number of phenols is 1. The molecule has 162 valence electrons. The Hall–Kier alpha value is -3.59. The monoisotopic (exact) mass is 442 g/mol. The zero-order valence-corrected chi connectivity index (χ0v) is 18.1. The van der Waals surface area contributed by atoms with E-state index in [1.165, 1.54) is 30.0 Å². The summed E-state index contributed by atoms with van der Waals surface area (Å²) in [6.45, 7) is 3.31. The predicted molar refractivity (Wildman–Crippen MR) is 119 cm³/mol. The number of aromatic hydroxyl groups is 1. The normalized spacial score (nSPS) is 11.2. The number of hydrogen-bond donors (Lipinski definition) is 2. The van der Waals surface area contributed by atoms with Crippen molar-refractivity contribution in [1.29, 1.82) is 0 Å². The molecule has 9 heteroatoms. The largest absolute Gasteiger partial charge is 0.506 e. The number of anilines is 2. The number of nitrogens with one attached hydrogen (secondary N) is 1. The molecule has 3 aromatic carbocycles. The van der Waals surface area contributed by atoms with Gasteiger partial charge in [-0.1, -0.05) is 24.3 Å². The molecular weight excluding hydrogens is 420 g/mol. The highest BCUT2D eigenvalue weighted by atomic mass is 32.2. The van der Waals surface area contributed by atoms with Gasteiger partial charge in [0.2, 0.25) is 10.0 Å². The molecule has 0 aliphatic heterocycles. The number of fused-ring (bicyclic) bond motifs is 1. The molecule has 0 bridgehead atoms. The number of hydrogen-bond acceptors (Lipinski definition) is 6. The summed E-state index contributed by atoms with van der Waals surface area (Å²) in [7, 11) is -3.42. The average molecular weight is 442 g/mol. The van der Waals surface area contributed by atoms with Crippen molar-refractivity contribution in [3.8, 4) is 11.5 Å². The minimum Gasteiger partial charge on any atom is -0.506 e. The summed E-state index contributed by atoms with van der Waals surface area (Å²) in [5.41, 5.74) is 0.851. The second-order valence-electron chi connectivity index (χ2n) is 6.88. The zero-order chi connectivity index (χ0) is 22.8. The molecule has 8 nitrogen and oxygen atoms in total. The fourth-order valence-corrected chi connectivity index (χ4v) is 3.81. The lowest BCUT2D eigenvalue weighted by atomic mass is 10.0. The van der Waals surface area contributed by atoms with Crippen LogP contribution in [0.25, 0.3) is 10.8 Å². The van der Waals surface area contributed by atoms with E-state index in [0.29, 0.717) is 22.1 Å². The SMILES string of the molecule is CCN(C(=O)c1cc(OC(C)=O)c2ccccc2c1O)c1ccc(NS(C)(=O)=O)cc1. The third-order valence-electron chi connectivity index (χ3n) is 4.51. The van der Waals surface area contributed by atoms with Crippen LogP contribution >= 0.6 is 0 Å². The van der Waals surface area contributed by atoms with E-state index in [4.69, 9.17) is 4.74 Å². The molecule has 0 radical (unpaired) electrons. The van der Waals surface area contributed by atoms with Crippen LogP contribution in [0.5, 0.6) is 11.5 Å². The van der Waals surface area contributed by atoms with E-state index in [2.05, 4.69) is 4.72 Å². The first-order chi connectivity index (χ1) is 14.6. The van der Waals surface area contributed by atoms with Gasteiger partial charge in [-0.3, -0.25) is 14.3 Å². The van der Waals surface area contributed by atoms with Crippen LogP contribution in [-0.4, -0.2) is 38.2 Å². The Morgan fingerprint density at radius 3 is 2.23 bits per heavy atom. The van der Waals surface area contributed by atoms with Crippen LogP contribution in [0, 0.1) is 0 Å². The molecule has 1 amide bonds. The van der Waals surface area contributed by atoms with Crippen molar-refractivity contribution in [2.75, 3.05) is 22.4 Å². The summed E-state index contributed by atoms with van der Waals surface area (Å²) in [4.78, 5) is 26.3. The standard InChI is InChI=1S/C22H22N2O6S/c1-4-24(16-11-9-15(10-12-16)23-31(3,28)29)22(27)19-13-20(30-14(2)25)17-7-5-6-8-18(17)21(19)26/h5-13,23,26H,4H2,1-3H3. The Bertz CT molecular complexity index is 1250. The molecule has 0 heterocycles. The van der Waals surface area contributed by atoms with Crippen molar-refractivity contribution >= 4 is 44.0 Å². The second-order valence-corrected chi connectivity index (χ2v) is 8.63. The third kappa shape index (κ3) is 4.95. The fraction of sp³-hybridized carbons (Fsp3) is 0.182. The minimum absolute atomic E-state index is 0.0184. The maximum Gasteiger partial charge on any atom is 0.308 e. The van der Waals surface area contributed by atoms with Crippen molar-refractivity contribution in [3.63, 3.8) is 0 Å². The summed E-state index contributed by atoms with van der Waals surface area (Å²) >= 11 is 0.